The van der Waals surface area contributed by atoms with Crippen molar-refractivity contribution in [2.75, 3.05) is 0 Å². The number of fused-ring (bicyclic) bond motifs is 18. The van der Waals surface area contributed by atoms with E-state index in [9.17, 15) is 0 Å². The smallest absolute Gasteiger partial charge is 0.164 e. The van der Waals surface area contributed by atoms with Crippen molar-refractivity contribution in [1.82, 2.24) is 23.8 Å². The molecule has 0 bridgehead atoms. The molecule has 5 nitrogen and oxygen atoms in total. The second kappa shape index (κ2) is 9.40. The van der Waals surface area contributed by atoms with Gasteiger partial charge in [0.25, 0.3) is 0 Å². The van der Waals surface area contributed by atoms with Crippen LogP contribution in [0.25, 0.3) is 109 Å². The number of aromatic nitrogens is 5. The van der Waals surface area contributed by atoms with Gasteiger partial charge in [0.2, 0.25) is 0 Å². The minimum Gasteiger partial charge on any atom is -0.313 e. The zero-order valence-corrected chi connectivity index (χ0v) is 26.7. The summed E-state index contributed by atoms with van der Waals surface area (Å²) in [5.74, 6) is 0. The molecule has 0 N–H and O–H groups in total. The number of hydrogen-bond acceptors (Lipinski definition) is 3. The molecule has 50 heavy (non-hydrogen) atoms. The molecule has 230 valence electrons. The summed E-state index contributed by atoms with van der Waals surface area (Å²) in [7, 11) is 0. The Bertz CT molecular complexity index is 3440. The van der Waals surface area contributed by atoms with Crippen LogP contribution in [0.3, 0.4) is 0 Å². The van der Waals surface area contributed by atoms with Crippen LogP contribution in [-0.4, -0.2) is 23.8 Å². The number of rotatable bonds is 1. The summed E-state index contributed by atoms with van der Waals surface area (Å²) >= 11 is 0. The Morgan fingerprint density at radius 1 is 0.420 bits per heavy atom. The number of nitrogens with zero attached hydrogens (tertiary/aromatic N) is 5. The Morgan fingerprint density at radius 3 is 1.76 bits per heavy atom. The molecule has 0 atom stereocenters. The van der Waals surface area contributed by atoms with Gasteiger partial charge in [-0.05, 0) is 64.0 Å². The standard InChI is InChI=1S/C45H25N5/c1-3-10-28-20-37-35(18-26(28)8-1)41-40(14-7-17-46-41)49-24-32-16-15-30(22-34(32)44(37)49)39-23-47-42-36-19-27-9-2-4-11-29(27)21-38(36)43-33-13-6-5-12-31(33)25-50(43)45(42)48-39/h1-25H. The quantitative estimate of drug-likeness (QED) is 0.133. The van der Waals surface area contributed by atoms with E-state index >= 15 is 0 Å². The van der Waals surface area contributed by atoms with Gasteiger partial charge in [-0.3, -0.25) is 14.4 Å². The van der Waals surface area contributed by atoms with Crippen molar-refractivity contribution >= 4 is 97.9 Å². The number of benzene rings is 6. The van der Waals surface area contributed by atoms with Crippen molar-refractivity contribution in [1.29, 1.82) is 0 Å². The van der Waals surface area contributed by atoms with E-state index in [0.717, 1.165) is 49.7 Å². The fraction of sp³-hybridized carbons (Fsp3) is 0. The summed E-state index contributed by atoms with van der Waals surface area (Å²) in [6.07, 6.45) is 8.28. The third-order valence-corrected chi connectivity index (χ3v) is 10.7. The predicted octanol–water partition coefficient (Wildman–Crippen LogP) is 11.3. The van der Waals surface area contributed by atoms with Gasteiger partial charge in [0.05, 0.1) is 34.0 Å². The maximum atomic E-state index is 5.41. The molecular weight excluding hydrogens is 611 g/mol. The highest BCUT2D eigenvalue weighted by Gasteiger charge is 2.18. The molecule has 5 heteroatoms. The average molecular weight is 636 g/mol. The molecule has 0 saturated carbocycles. The van der Waals surface area contributed by atoms with Crippen LogP contribution < -0.4 is 0 Å². The molecule has 6 aromatic heterocycles. The Morgan fingerprint density at radius 2 is 1.02 bits per heavy atom. The van der Waals surface area contributed by atoms with Gasteiger partial charge in [0, 0.05) is 67.2 Å². The highest BCUT2D eigenvalue weighted by Crippen LogP contribution is 2.39. The molecule has 0 amide bonds. The lowest BCUT2D eigenvalue weighted by atomic mass is 10.00. The van der Waals surface area contributed by atoms with Gasteiger partial charge in [-0.15, -0.1) is 0 Å². The van der Waals surface area contributed by atoms with E-state index < -0.39 is 0 Å². The summed E-state index contributed by atoms with van der Waals surface area (Å²) in [6.45, 7) is 0. The molecule has 12 rings (SSSR count). The van der Waals surface area contributed by atoms with Gasteiger partial charge in [-0.25, -0.2) is 4.98 Å². The molecule has 0 aliphatic carbocycles. The number of hydrogen-bond donors (Lipinski definition) is 0. The Balaban J connectivity index is 1.17. The fourth-order valence-corrected chi connectivity index (χ4v) is 8.37. The monoisotopic (exact) mass is 635 g/mol. The molecule has 0 saturated heterocycles. The SMILES string of the molecule is c1ccc2cc3c(cc2c1)c1ncccc1n1cc2ccc(-c4cnc5c6cc7ccccc7cc6c6c7ccccc7cn6c5n4)cc2c31. The summed E-state index contributed by atoms with van der Waals surface area (Å²) in [5.41, 5.74) is 8.06. The van der Waals surface area contributed by atoms with Crippen LogP contribution in [0.4, 0.5) is 0 Å². The molecule has 0 radical (unpaired) electrons. The lowest BCUT2D eigenvalue weighted by Crippen LogP contribution is -1.97. The van der Waals surface area contributed by atoms with Crippen LogP contribution in [0.5, 0.6) is 0 Å². The molecule has 0 aliphatic heterocycles. The third-order valence-electron chi connectivity index (χ3n) is 10.7. The van der Waals surface area contributed by atoms with Gasteiger partial charge in [0.1, 0.15) is 5.52 Å². The first-order valence-corrected chi connectivity index (χ1v) is 16.9. The van der Waals surface area contributed by atoms with Crippen LogP contribution in [0.15, 0.2) is 152 Å². The molecule has 12 aromatic rings. The zero-order chi connectivity index (χ0) is 32.5. The molecular formula is C45H25N5. The second-order valence-electron chi connectivity index (χ2n) is 13.4. The normalized spacial score (nSPS) is 12.4. The molecule has 0 unspecified atom stereocenters. The van der Waals surface area contributed by atoms with Crippen molar-refractivity contribution in [3.63, 3.8) is 0 Å². The van der Waals surface area contributed by atoms with Crippen LogP contribution in [0.2, 0.25) is 0 Å². The van der Waals surface area contributed by atoms with Crippen LogP contribution in [0, 0.1) is 0 Å². The largest absolute Gasteiger partial charge is 0.313 e. The molecule has 0 aliphatic rings. The minimum absolute atomic E-state index is 0.843. The zero-order valence-electron chi connectivity index (χ0n) is 26.7. The molecule has 0 spiro atoms. The van der Waals surface area contributed by atoms with Crippen molar-refractivity contribution in [2.45, 2.75) is 0 Å². The van der Waals surface area contributed by atoms with Gasteiger partial charge in [0.15, 0.2) is 5.65 Å². The van der Waals surface area contributed by atoms with E-state index in [-0.39, 0.29) is 0 Å². The van der Waals surface area contributed by atoms with Crippen molar-refractivity contribution in [2.24, 2.45) is 0 Å². The second-order valence-corrected chi connectivity index (χ2v) is 13.4. The van der Waals surface area contributed by atoms with Gasteiger partial charge >= 0.3 is 0 Å². The van der Waals surface area contributed by atoms with E-state index in [2.05, 4.69) is 143 Å². The van der Waals surface area contributed by atoms with E-state index in [1.54, 1.807) is 0 Å². The van der Waals surface area contributed by atoms with E-state index in [0.29, 0.717) is 0 Å². The Labute approximate surface area is 284 Å². The molecule has 6 aromatic carbocycles. The van der Waals surface area contributed by atoms with E-state index in [1.165, 1.54) is 59.4 Å². The van der Waals surface area contributed by atoms with E-state index in [4.69, 9.17) is 15.0 Å². The summed E-state index contributed by atoms with van der Waals surface area (Å²) in [6, 6.07) is 45.8. The third kappa shape index (κ3) is 3.43. The molecule has 6 heterocycles. The Kier molecular flexibility index (Phi) is 4.91. The lowest BCUT2D eigenvalue weighted by Gasteiger charge is -2.12. The summed E-state index contributed by atoms with van der Waals surface area (Å²) in [5, 5.41) is 14.2. The summed E-state index contributed by atoms with van der Waals surface area (Å²) < 4.78 is 4.56. The van der Waals surface area contributed by atoms with Crippen molar-refractivity contribution in [3.8, 4) is 11.3 Å². The fourth-order valence-electron chi connectivity index (χ4n) is 8.37. The predicted molar refractivity (Wildman–Crippen MR) is 207 cm³/mol. The summed E-state index contributed by atoms with van der Waals surface area (Å²) in [4.78, 5) is 15.4. The average Bonchev–Trinajstić information content (AvgIpc) is 3.76. The highest BCUT2D eigenvalue weighted by atomic mass is 15.0. The lowest BCUT2D eigenvalue weighted by molar-refractivity contribution is 1.18. The maximum absolute atomic E-state index is 5.41. The van der Waals surface area contributed by atoms with Crippen LogP contribution in [0.1, 0.15) is 0 Å². The van der Waals surface area contributed by atoms with Crippen molar-refractivity contribution in [3.05, 3.63) is 152 Å². The van der Waals surface area contributed by atoms with Crippen LogP contribution >= 0.6 is 0 Å². The van der Waals surface area contributed by atoms with Gasteiger partial charge < -0.3 is 4.40 Å². The number of pyridine rings is 3. The minimum atomic E-state index is 0.843. The molecule has 0 fully saturated rings. The first-order chi connectivity index (χ1) is 24.8. The first-order valence-electron chi connectivity index (χ1n) is 16.9. The highest BCUT2D eigenvalue weighted by molar-refractivity contribution is 6.23. The van der Waals surface area contributed by atoms with Crippen LogP contribution in [-0.2, 0) is 0 Å². The topological polar surface area (TPSA) is 47.5 Å². The van der Waals surface area contributed by atoms with Gasteiger partial charge in [-0.1, -0.05) is 84.9 Å². The van der Waals surface area contributed by atoms with Gasteiger partial charge in [-0.2, -0.15) is 0 Å². The first kappa shape index (κ1) is 26.1. The Hall–Kier alpha value is -6.85. The maximum Gasteiger partial charge on any atom is 0.164 e. The van der Waals surface area contributed by atoms with E-state index in [1.807, 2.05) is 18.5 Å². The van der Waals surface area contributed by atoms with Crippen molar-refractivity contribution < 1.29 is 0 Å².